The Balaban J connectivity index is 1.44. The Morgan fingerprint density at radius 2 is 1.74 bits per heavy atom. The number of benzene rings is 1. The van der Waals surface area contributed by atoms with Crippen molar-refractivity contribution in [2.24, 2.45) is 0 Å². The average molecular weight is 378 g/mol. The molecule has 2 aromatic heterocycles. The van der Waals surface area contributed by atoms with Gasteiger partial charge in [-0.1, -0.05) is 18.2 Å². The van der Waals surface area contributed by atoms with Crippen molar-refractivity contribution in [1.29, 1.82) is 0 Å². The molecule has 1 N–H and O–H groups in total. The van der Waals surface area contributed by atoms with Crippen LogP contribution in [0.15, 0.2) is 54.9 Å². The van der Waals surface area contributed by atoms with Crippen molar-refractivity contribution in [1.82, 2.24) is 14.9 Å². The number of nitrogens with one attached hydrogen (secondary N) is 1. The molecular weight excluding hydrogens is 360 g/mol. The van der Waals surface area contributed by atoms with Crippen molar-refractivity contribution in [2.45, 2.75) is 12.8 Å². The van der Waals surface area contributed by atoms with Crippen molar-refractivity contribution in [3.63, 3.8) is 0 Å². The third kappa shape index (κ3) is 3.88. The van der Waals surface area contributed by atoms with E-state index in [2.05, 4.69) is 15.3 Å². The molecule has 0 bridgehead atoms. The second-order valence-electron chi connectivity index (χ2n) is 6.24. The lowest BCUT2D eigenvalue weighted by molar-refractivity contribution is 0.0762. The highest BCUT2D eigenvalue weighted by molar-refractivity contribution is 7.13. The molecule has 27 heavy (non-hydrogen) atoms. The third-order valence-corrected chi connectivity index (χ3v) is 5.60. The monoisotopic (exact) mass is 378 g/mol. The zero-order chi connectivity index (χ0) is 18.6. The van der Waals surface area contributed by atoms with Gasteiger partial charge in [0.15, 0.2) is 5.01 Å². The van der Waals surface area contributed by atoms with E-state index >= 15 is 0 Å². The molecule has 7 heteroatoms. The van der Waals surface area contributed by atoms with Crippen LogP contribution < -0.4 is 5.32 Å². The van der Waals surface area contributed by atoms with Crippen LogP contribution in [-0.4, -0.2) is 39.8 Å². The Labute approximate surface area is 160 Å². The van der Waals surface area contributed by atoms with Gasteiger partial charge < -0.3 is 10.2 Å². The predicted molar refractivity (Wildman–Crippen MR) is 104 cm³/mol. The van der Waals surface area contributed by atoms with Crippen LogP contribution >= 0.6 is 11.3 Å². The van der Waals surface area contributed by atoms with E-state index in [1.165, 1.54) is 11.3 Å². The van der Waals surface area contributed by atoms with Crippen molar-refractivity contribution in [2.75, 3.05) is 18.4 Å². The first kappa shape index (κ1) is 17.4. The van der Waals surface area contributed by atoms with Gasteiger partial charge in [0, 0.05) is 54.5 Å². The molecule has 136 valence electrons. The maximum atomic E-state index is 12.6. The van der Waals surface area contributed by atoms with E-state index in [0.717, 1.165) is 16.3 Å². The first-order valence-corrected chi connectivity index (χ1v) is 9.56. The van der Waals surface area contributed by atoms with Gasteiger partial charge in [-0.3, -0.25) is 14.6 Å². The standard InChI is InChI=1S/C20H18N4O2S/c25-18(22-15-4-2-1-3-5-15)19-23-16-8-12-24(13-9-17(16)27-19)20(26)14-6-10-21-11-7-14/h1-7,10-11H,8-9,12-13H2,(H,22,25). The molecule has 6 nitrogen and oxygen atoms in total. The van der Waals surface area contributed by atoms with E-state index in [1.807, 2.05) is 35.2 Å². The zero-order valence-electron chi connectivity index (χ0n) is 14.6. The van der Waals surface area contributed by atoms with Gasteiger partial charge >= 0.3 is 0 Å². The van der Waals surface area contributed by atoms with Gasteiger partial charge in [0.1, 0.15) is 0 Å². The van der Waals surface area contributed by atoms with Crippen LogP contribution in [0.5, 0.6) is 0 Å². The van der Waals surface area contributed by atoms with Crippen LogP contribution in [0.2, 0.25) is 0 Å². The van der Waals surface area contributed by atoms with Crippen LogP contribution in [-0.2, 0) is 12.8 Å². The topological polar surface area (TPSA) is 75.2 Å². The Hall–Kier alpha value is -3.06. The van der Waals surface area contributed by atoms with E-state index in [9.17, 15) is 9.59 Å². The number of amides is 2. The summed E-state index contributed by atoms with van der Waals surface area (Å²) >= 11 is 1.41. The molecule has 0 saturated carbocycles. The summed E-state index contributed by atoms with van der Waals surface area (Å²) in [5.74, 6) is -0.182. The van der Waals surface area contributed by atoms with Crippen molar-refractivity contribution in [3.05, 3.63) is 76.0 Å². The fourth-order valence-corrected chi connectivity index (χ4v) is 4.04. The molecular formula is C20H18N4O2S. The molecule has 3 aromatic rings. The number of thiazole rings is 1. The first-order chi connectivity index (χ1) is 13.2. The normalized spacial score (nSPS) is 13.6. The summed E-state index contributed by atoms with van der Waals surface area (Å²) in [7, 11) is 0. The summed E-state index contributed by atoms with van der Waals surface area (Å²) in [5, 5.41) is 3.34. The number of para-hydroxylation sites is 1. The van der Waals surface area contributed by atoms with E-state index in [1.54, 1.807) is 24.5 Å². The van der Waals surface area contributed by atoms with Gasteiger partial charge in [-0.05, 0) is 24.3 Å². The van der Waals surface area contributed by atoms with Crippen LogP contribution in [0.25, 0.3) is 0 Å². The van der Waals surface area contributed by atoms with Crippen molar-refractivity contribution >= 4 is 28.8 Å². The van der Waals surface area contributed by atoms with E-state index in [-0.39, 0.29) is 11.8 Å². The van der Waals surface area contributed by atoms with Gasteiger partial charge in [-0.15, -0.1) is 11.3 Å². The second kappa shape index (κ2) is 7.67. The number of anilines is 1. The number of hydrogen-bond acceptors (Lipinski definition) is 5. The SMILES string of the molecule is O=C(Nc1ccccc1)c1nc2c(s1)CCN(C(=O)c1ccncc1)CC2. The molecule has 0 atom stereocenters. The Bertz CT molecular complexity index is 931. The third-order valence-electron chi connectivity index (χ3n) is 4.45. The highest BCUT2D eigenvalue weighted by Gasteiger charge is 2.24. The number of rotatable bonds is 3. The smallest absolute Gasteiger partial charge is 0.284 e. The number of nitrogens with zero attached hydrogens (tertiary/aromatic N) is 3. The molecule has 0 saturated heterocycles. The molecule has 1 aromatic carbocycles. The van der Waals surface area contributed by atoms with Gasteiger partial charge in [-0.25, -0.2) is 4.98 Å². The average Bonchev–Trinajstić information content (AvgIpc) is 3.02. The molecule has 3 heterocycles. The Kier molecular flexibility index (Phi) is 4.93. The fraction of sp³-hybridized carbons (Fsp3) is 0.200. The van der Waals surface area contributed by atoms with Gasteiger partial charge in [0.25, 0.3) is 11.8 Å². The lowest BCUT2D eigenvalue weighted by Gasteiger charge is -2.20. The number of carbonyl (C=O) groups excluding carboxylic acids is 2. The summed E-state index contributed by atoms with van der Waals surface area (Å²) in [6.07, 6.45) is 4.62. The van der Waals surface area contributed by atoms with E-state index < -0.39 is 0 Å². The highest BCUT2D eigenvalue weighted by atomic mass is 32.1. The van der Waals surface area contributed by atoms with Crippen molar-refractivity contribution < 1.29 is 9.59 Å². The Morgan fingerprint density at radius 3 is 2.52 bits per heavy atom. The lowest BCUT2D eigenvalue weighted by Crippen LogP contribution is -2.33. The molecule has 1 aliphatic heterocycles. The Morgan fingerprint density at radius 1 is 1.00 bits per heavy atom. The van der Waals surface area contributed by atoms with Gasteiger partial charge in [0.2, 0.25) is 0 Å². The number of pyridine rings is 1. The number of carbonyl (C=O) groups is 2. The largest absolute Gasteiger partial charge is 0.338 e. The summed E-state index contributed by atoms with van der Waals surface area (Å²) in [6.45, 7) is 1.22. The summed E-state index contributed by atoms with van der Waals surface area (Å²) in [5.41, 5.74) is 2.32. The molecule has 0 aliphatic carbocycles. The number of hydrogen-bond donors (Lipinski definition) is 1. The molecule has 0 fully saturated rings. The molecule has 1 aliphatic rings. The van der Waals surface area contributed by atoms with Gasteiger partial charge in [0.05, 0.1) is 5.69 Å². The molecule has 4 rings (SSSR count). The lowest BCUT2D eigenvalue weighted by atomic mass is 10.2. The fourth-order valence-electron chi connectivity index (χ4n) is 3.05. The quantitative estimate of drug-likeness (QED) is 0.760. The minimum atomic E-state index is -0.191. The molecule has 0 radical (unpaired) electrons. The van der Waals surface area contributed by atoms with E-state index in [0.29, 0.717) is 36.5 Å². The first-order valence-electron chi connectivity index (χ1n) is 8.75. The zero-order valence-corrected chi connectivity index (χ0v) is 15.4. The number of fused-ring (bicyclic) bond motifs is 1. The molecule has 2 amide bonds. The maximum absolute atomic E-state index is 12.6. The van der Waals surface area contributed by atoms with Crippen molar-refractivity contribution in [3.8, 4) is 0 Å². The number of aromatic nitrogens is 2. The molecule has 0 spiro atoms. The minimum absolute atomic E-state index is 0.00889. The van der Waals surface area contributed by atoms with E-state index in [4.69, 9.17) is 0 Å². The van der Waals surface area contributed by atoms with Crippen LogP contribution in [0.1, 0.15) is 30.7 Å². The minimum Gasteiger partial charge on any atom is -0.338 e. The van der Waals surface area contributed by atoms with Crippen LogP contribution in [0.3, 0.4) is 0 Å². The predicted octanol–water partition coefficient (Wildman–Crippen LogP) is 3.03. The second-order valence-corrected chi connectivity index (χ2v) is 7.32. The van der Waals surface area contributed by atoms with Gasteiger partial charge in [-0.2, -0.15) is 0 Å². The summed E-state index contributed by atoms with van der Waals surface area (Å²) < 4.78 is 0. The molecule has 0 unspecified atom stereocenters. The summed E-state index contributed by atoms with van der Waals surface area (Å²) in [4.78, 5) is 36.5. The van der Waals surface area contributed by atoms with Crippen LogP contribution in [0, 0.1) is 0 Å². The summed E-state index contributed by atoms with van der Waals surface area (Å²) in [6, 6.07) is 12.8. The maximum Gasteiger partial charge on any atom is 0.284 e. The highest BCUT2D eigenvalue weighted by Crippen LogP contribution is 2.24. The van der Waals surface area contributed by atoms with Crippen LogP contribution in [0.4, 0.5) is 5.69 Å².